The van der Waals surface area contributed by atoms with Crippen molar-refractivity contribution in [2.24, 2.45) is 0 Å². The summed E-state index contributed by atoms with van der Waals surface area (Å²) in [4.78, 5) is 23.5. The lowest BCUT2D eigenvalue weighted by Crippen LogP contribution is -2.12. The quantitative estimate of drug-likeness (QED) is 0.692. The monoisotopic (exact) mass is 285 g/mol. The SMILES string of the molecule is COC(=O)c1ccccc1NC(=O)/C=C/c1ccc(C)o1. The molecule has 0 aliphatic carbocycles. The summed E-state index contributed by atoms with van der Waals surface area (Å²) >= 11 is 0. The molecule has 108 valence electrons. The van der Waals surface area contributed by atoms with Gasteiger partial charge in [0, 0.05) is 6.08 Å². The number of amides is 1. The van der Waals surface area contributed by atoms with Crippen molar-refractivity contribution in [2.45, 2.75) is 6.92 Å². The van der Waals surface area contributed by atoms with Crippen molar-refractivity contribution < 1.29 is 18.7 Å². The number of carbonyl (C=O) groups excluding carboxylic acids is 2. The van der Waals surface area contributed by atoms with E-state index in [1.165, 1.54) is 13.2 Å². The van der Waals surface area contributed by atoms with Crippen molar-refractivity contribution in [3.8, 4) is 0 Å². The van der Waals surface area contributed by atoms with Crippen molar-refractivity contribution in [1.29, 1.82) is 0 Å². The van der Waals surface area contributed by atoms with E-state index in [-0.39, 0.29) is 5.91 Å². The van der Waals surface area contributed by atoms with E-state index < -0.39 is 5.97 Å². The van der Waals surface area contributed by atoms with Crippen LogP contribution in [0.5, 0.6) is 0 Å². The number of methoxy groups -OCH3 is 1. The van der Waals surface area contributed by atoms with Gasteiger partial charge >= 0.3 is 5.97 Å². The first kappa shape index (κ1) is 14.6. The largest absolute Gasteiger partial charge is 0.465 e. The van der Waals surface area contributed by atoms with Gasteiger partial charge in [0.2, 0.25) is 5.91 Å². The molecule has 1 heterocycles. The van der Waals surface area contributed by atoms with E-state index >= 15 is 0 Å². The Morgan fingerprint density at radius 1 is 1.19 bits per heavy atom. The number of esters is 1. The summed E-state index contributed by atoms with van der Waals surface area (Å²) in [6.45, 7) is 1.82. The van der Waals surface area contributed by atoms with Crippen LogP contribution in [0.25, 0.3) is 6.08 Å². The Balaban J connectivity index is 2.09. The summed E-state index contributed by atoms with van der Waals surface area (Å²) in [5, 5.41) is 2.63. The van der Waals surface area contributed by atoms with Crippen molar-refractivity contribution in [2.75, 3.05) is 12.4 Å². The summed E-state index contributed by atoms with van der Waals surface area (Å²) in [7, 11) is 1.29. The molecule has 1 N–H and O–H groups in total. The zero-order valence-electron chi connectivity index (χ0n) is 11.8. The highest BCUT2D eigenvalue weighted by atomic mass is 16.5. The van der Waals surface area contributed by atoms with Crippen LogP contribution in [0.2, 0.25) is 0 Å². The minimum atomic E-state index is -0.503. The van der Waals surface area contributed by atoms with Crippen LogP contribution in [0.1, 0.15) is 21.9 Å². The number of hydrogen-bond donors (Lipinski definition) is 1. The van der Waals surface area contributed by atoms with Gasteiger partial charge in [0.1, 0.15) is 11.5 Å². The van der Waals surface area contributed by atoms with Gasteiger partial charge in [-0.15, -0.1) is 0 Å². The van der Waals surface area contributed by atoms with Crippen LogP contribution in [-0.4, -0.2) is 19.0 Å². The Morgan fingerprint density at radius 3 is 2.62 bits per heavy atom. The molecule has 0 aliphatic rings. The van der Waals surface area contributed by atoms with Crippen LogP contribution in [0.15, 0.2) is 46.9 Å². The van der Waals surface area contributed by atoms with Gasteiger partial charge in [0.25, 0.3) is 0 Å². The minimum Gasteiger partial charge on any atom is -0.465 e. The molecular weight excluding hydrogens is 270 g/mol. The zero-order valence-corrected chi connectivity index (χ0v) is 11.8. The number of ether oxygens (including phenoxy) is 1. The van der Waals surface area contributed by atoms with E-state index in [0.717, 1.165) is 5.76 Å². The Hall–Kier alpha value is -2.82. The van der Waals surface area contributed by atoms with Gasteiger partial charge in [-0.1, -0.05) is 12.1 Å². The highest BCUT2D eigenvalue weighted by molar-refractivity contribution is 6.06. The highest BCUT2D eigenvalue weighted by Crippen LogP contribution is 2.16. The van der Waals surface area contributed by atoms with E-state index in [1.807, 2.05) is 13.0 Å². The molecule has 2 aromatic rings. The molecule has 0 bridgehead atoms. The average Bonchev–Trinajstić information content (AvgIpc) is 2.90. The number of anilines is 1. The van der Waals surface area contributed by atoms with E-state index in [9.17, 15) is 9.59 Å². The molecule has 0 aliphatic heterocycles. The first-order valence-electron chi connectivity index (χ1n) is 6.33. The van der Waals surface area contributed by atoms with Crippen LogP contribution >= 0.6 is 0 Å². The Kier molecular flexibility index (Phi) is 4.56. The molecule has 0 radical (unpaired) electrons. The fourth-order valence-electron chi connectivity index (χ4n) is 1.76. The molecule has 1 aromatic heterocycles. The first-order valence-corrected chi connectivity index (χ1v) is 6.33. The molecule has 1 aromatic carbocycles. The number of para-hydroxylation sites is 1. The number of furan rings is 1. The lowest BCUT2D eigenvalue weighted by Gasteiger charge is -2.07. The van der Waals surface area contributed by atoms with E-state index in [4.69, 9.17) is 4.42 Å². The lowest BCUT2D eigenvalue weighted by molar-refractivity contribution is -0.111. The van der Waals surface area contributed by atoms with Crippen LogP contribution in [0.3, 0.4) is 0 Å². The fraction of sp³-hybridized carbons (Fsp3) is 0.125. The van der Waals surface area contributed by atoms with Crippen LogP contribution < -0.4 is 5.32 Å². The second-order valence-corrected chi connectivity index (χ2v) is 4.31. The Morgan fingerprint density at radius 2 is 1.95 bits per heavy atom. The number of rotatable bonds is 4. The van der Waals surface area contributed by atoms with Gasteiger partial charge in [0.15, 0.2) is 0 Å². The topological polar surface area (TPSA) is 68.5 Å². The summed E-state index contributed by atoms with van der Waals surface area (Å²) in [5.41, 5.74) is 0.699. The molecule has 0 fully saturated rings. The molecule has 0 unspecified atom stereocenters. The summed E-state index contributed by atoms with van der Waals surface area (Å²) in [6, 6.07) is 10.2. The maximum absolute atomic E-state index is 11.9. The number of hydrogen-bond acceptors (Lipinski definition) is 4. The van der Waals surface area contributed by atoms with E-state index in [1.54, 1.807) is 36.4 Å². The second-order valence-electron chi connectivity index (χ2n) is 4.31. The molecule has 0 saturated heterocycles. The molecule has 5 heteroatoms. The number of aryl methyl sites for hydroxylation is 1. The average molecular weight is 285 g/mol. The minimum absolute atomic E-state index is 0.301. The van der Waals surface area contributed by atoms with Crippen molar-refractivity contribution >= 4 is 23.6 Å². The maximum Gasteiger partial charge on any atom is 0.339 e. The third-order valence-electron chi connectivity index (χ3n) is 2.75. The normalized spacial score (nSPS) is 10.6. The van der Waals surface area contributed by atoms with E-state index in [2.05, 4.69) is 10.1 Å². The summed E-state index contributed by atoms with van der Waals surface area (Å²) in [5.74, 6) is 0.493. The maximum atomic E-state index is 11.9. The number of benzene rings is 1. The molecule has 0 saturated carbocycles. The third kappa shape index (κ3) is 3.82. The Labute approximate surface area is 122 Å². The number of carbonyl (C=O) groups is 2. The zero-order chi connectivity index (χ0) is 15.2. The standard InChI is InChI=1S/C16H15NO4/c1-11-7-8-12(21-11)9-10-15(18)17-14-6-4-3-5-13(14)16(19)20-2/h3-10H,1-2H3,(H,17,18)/b10-9+. The lowest BCUT2D eigenvalue weighted by atomic mass is 10.2. The van der Waals surface area contributed by atoms with Crippen LogP contribution in [-0.2, 0) is 9.53 Å². The second kappa shape index (κ2) is 6.56. The van der Waals surface area contributed by atoms with Crippen molar-refractivity contribution in [3.05, 3.63) is 59.6 Å². The predicted octanol–water partition coefficient (Wildman–Crippen LogP) is 3.03. The van der Waals surface area contributed by atoms with E-state index in [0.29, 0.717) is 17.0 Å². The first-order chi connectivity index (χ1) is 10.1. The van der Waals surface area contributed by atoms with Gasteiger partial charge in [0.05, 0.1) is 18.4 Å². The van der Waals surface area contributed by atoms with Gasteiger partial charge < -0.3 is 14.5 Å². The smallest absolute Gasteiger partial charge is 0.339 e. The van der Waals surface area contributed by atoms with Gasteiger partial charge in [-0.3, -0.25) is 4.79 Å². The van der Waals surface area contributed by atoms with Crippen molar-refractivity contribution in [3.63, 3.8) is 0 Å². The van der Waals surface area contributed by atoms with Crippen LogP contribution in [0.4, 0.5) is 5.69 Å². The van der Waals surface area contributed by atoms with Gasteiger partial charge in [-0.05, 0) is 37.3 Å². The van der Waals surface area contributed by atoms with Gasteiger partial charge in [-0.2, -0.15) is 0 Å². The molecule has 21 heavy (non-hydrogen) atoms. The van der Waals surface area contributed by atoms with Gasteiger partial charge in [-0.25, -0.2) is 4.79 Å². The molecule has 1 amide bonds. The molecular formula is C16H15NO4. The summed E-state index contributed by atoms with van der Waals surface area (Å²) < 4.78 is 9.99. The Bertz CT molecular complexity index is 685. The predicted molar refractivity (Wildman–Crippen MR) is 78.9 cm³/mol. The summed E-state index contributed by atoms with van der Waals surface area (Å²) in [6.07, 6.45) is 2.90. The molecule has 0 atom stereocenters. The molecule has 5 nitrogen and oxygen atoms in total. The highest BCUT2D eigenvalue weighted by Gasteiger charge is 2.11. The number of nitrogens with one attached hydrogen (secondary N) is 1. The molecule has 0 spiro atoms. The van der Waals surface area contributed by atoms with Crippen molar-refractivity contribution in [1.82, 2.24) is 0 Å². The third-order valence-corrected chi connectivity index (χ3v) is 2.75. The fourth-order valence-corrected chi connectivity index (χ4v) is 1.76. The van der Waals surface area contributed by atoms with Crippen LogP contribution in [0, 0.1) is 6.92 Å². The molecule has 2 rings (SSSR count).